The number of alkyl halides is 10. The summed E-state index contributed by atoms with van der Waals surface area (Å²) in [5.41, 5.74) is 1.54. The van der Waals surface area contributed by atoms with E-state index in [1.165, 1.54) is 23.6 Å². The Morgan fingerprint density at radius 1 is 0.677 bits per heavy atom. The fourth-order valence-corrected chi connectivity index (χ4v) is 4.00. The number of aliphatic imine (C=N–C) groups is 1. The van der Waals surface area contributed by atoms with Crippen molar-refractivity contribution < 1.29 is 75.1 Å². The van der Waals surface area contributed by atoms with Gasteiger partial charge in [-0.15, -0.1) is 0 Å². The molecule has 0 aromatic heterocycles. The number of amides is 3. The molecule has 3 aromatic carbocycles. The Balaban J connectivity index is -0.000000372. The van der Waals surface area contributed by atoms with Gasteiger partial charge in [0, 0.05) is 39.6 Å². The fraction of sp³-hybridized carbons (Fsp3) is 0.194. The summed E-state index contributed by atoms with van der Waals surface area (Å²) in [6.07, 6.45) is 6.10. The number of nitrogens with zero attached hydrogens (tertiary/aromatic N) is 2. The van der Waals surface area contributed by atoms with Gasteiger partial charge >= 0.3 is 51.4 Å². The van der Waals surface area contributed by atoms with Gasteiger partial charge in [0.05, 0.1) is 5.16 Å². The number of benzene rings is 3. The number of thiocyanates is 1. The van der Waals surface area contributed by atoms with Gasteiger partial charge in [-0.05, 0) is 47.1 Å². The summed E-state index contributed by atoms with van der Waals surface area (Å²) in [5, 5.41) is 26.7. The first-order chi connectivity index (χ1) is 27.9. The molecule has 26 heteroatoms. The van der Waals surface area contributed by atoms with Crippen molar-refractivity contribution in [1.29, 1.82) is 5.26 Å². The molecule has 3 amide bonds. The van der Waals surface area contributed by atoms with Gasteiger partial charge in [-0.25, -0.2) is 14.5 Å². The van der Waals surface area contributed by atoms with Crippen molar-refractivity contribution in [3.8, 4) is 5.40 Å². The number of aliphatic hydroxyl groups excluding tert-OH is 1. The van der Waals surface area contributed by atoms with Crippen molar-refractivity contribution in [2.75, 3.05) is 0 Å². The molecular weight excluding hydrogens is 1140 g/mol. The van der Waals surface area contributed by atoms with E-state index in [-0.39, 0.29) is 58.8 Å². The van der Waals surface area contributed by atoms with Crippen molar-refractivity contribution in [2.24, 2.45) is 4.99 Å². The van der Waals surface area contributed by atoms with Gasteiger partial charge in [-0.1, -0.05) is 220 Å². The third kappa shape index (κ3) is 40.3. The molecule has 0 aliphatic carbocycles. The molecular formula is C36H32Cl12KN5O5S3. The Bertz CT molecular complexity index is 1850. The van der Waals surface area contributed by atoms with E-state index in [2.05, 4.69) is 72.3 Å². The third-order valence-electron chi connectivity index (χ3n) is 5.60. The van der Waals surface area contributed by atoms with Gasteiger partial charge in [-0.2, -0.15) is 0 Å². The number of rotatable bonds is 10. The zero-order valence-corrected chi connectivity index (χ0v) is 45.2. The molecule has 3 atom stereocenters. The zero-order chi connectivity index (χ0) is 46.4. The van der Waals surface area contributed by atoms with Crippen molar-refractivity contribution in [3.05, 3.63) is 126 Å². The predicted octanol–water partition coefficient (Wildman–Crippen LogP) is 8.57. The summed E-state index contributed by atoms with van der Waals surface area (Å²) in [6, 6.07) is 27.8. The van der Waals surface area contributed by atoms with Crippen molar-refractivity contribution >= 4 is 213 Å². The average molecular weight is 1180 g/mol. The molecule has 62 heavy (non-hydrogen) atoms. The van der Waals surface area contributed by atoms with Crippen LogP contribution in [0.25, 0.3) is 18.2 Å². The number of isothiocyanates is 1. The Kier molecular flexibility index (Phi) is 43.2. The number of carbonyl (C=O) groups excluding carboxylic acids is 3. The van der Waals surface area contributed by atoms with Gasteiger partial charge in [-0.3, -0.25) is 14.4 Å². The van der Waals surface area contributed by atoms with Gasteiger partial charge in [0.15, 0.2) is 17.9 Å². The van der Waals surface area contributed by atoms with Crippen LogP contribution in [0.2, 0.25) is 0 Å². The Morgan fingerprint density at radius 3 is 1.23 bits per heavy atom. The normalized spacial score (nSPS) is 12.1. The Morgan fingerprint density at radius 2 is 0.968 bits per heavy atom. The van der Waals surface area contributed by atoms with E-state index >= 15 is 0 Å². The van der Waals surface area contributed by atoms with Crippen LogP contribution in [0.4, 0.5) is 0 Å². The van der Waals surface area contributed by atoms with Crippen LogP contribution in [0, 0.1) is 10.7 Å². The number of nitriles is 1. The van der Waals surface area contributed by atoms with Crippen LogP contribution in [0.15, 0.2) is 114 Å². The molecule has 0 bridgehead atoms. The molecule has 0 radical (unpaired) electrons. The van der Waals surface area contributed by atoms with Crippen LogP contribution in [-0.4, -0.2) is 61.5 Å². The minimum atomic E-state index is -1.95. The number of hydrogen-bond acceptors (Lipinski definition) is 9. The van der Waals surface area contributed by atoms with Crippen LogP contribution >= 0.6 is 150 Å². The number of nitrogens with one attached hydrogen (secondary N) is 3. The topological polar surface area (TPSA) is 161 Å². The van der Waals surface area contributed by atoms with E-state index < -0.39 is 56.2 Å². The van der Waals surface area contributed by atoms with Gasteiger partial charge in [0.2, 0.25) is 38.3 Å². The summed E-state index contributed by atoms with van der Waals surface area (Å²) in [7, 11) is 7.36. The molecule has 0 spiro atoms. The first-order valence-corrected chi connectivity index (χ1v) is 22.8. The first-order valence-electron chi connectivity index (χ1n) is 15.3. The summed E-state index contributed by atoms with van der Waals surface area (Å²) < 4.78 is 3.61. The van der Waals surface area contributed by atoms with Gasteiger partial charge in [0.1, 0.15) is 0 Å². The molecule has 334 valence electrons. The van der Waals surface area contributed by atoms with E-state index in [0.29, 0.717) is 0 Å². The van der Waals surface area contributed by atoms with E-state index in [9.17, 15) is 19.5 Å². The minimum absolute atomic E-state index is 0. The first kappa shape index (κ1) is 68.6. The van der Waals surface area contributed by atoms with E-state index in [4.69, 9.17) is 125 Å². The second-order valence-corrected chi connectivity index (χ2v) is 20.5. The maximum Gasteiger partial charge on any atom is 1.00 e. The summed E-state index contributed by atoms with van der Waals surface area (Å²) in [4.78, 5) is 38.0. The van der Waals surface area contributed by atoms with E-state index in [1.54, 1.807) is 18.2 Å². The zero-order valence-electron chi connectivity index (χ0n) is 30.6. The standard InChI is InChI=1S/C12H9Cl3N2OS.C11H9Cl4NO.C11H10Cl3NO2.CHNS.CH4.Cl2OS.K/c13-12(14,15)11(16-8-19)17-10(18)7-6-9-4-2-1-3-5-9;12-10(11(13,14)15)16-9(17)7-6-8-4-2-1-3-5-8;12-11(13,14)10(17)15-9(16)7-6-8-4-2-1-3-5-8;2-1-3;;1-4(2)3;/h1-7,11H,(H,17,18);1-7,10H,(H,16,17);1-7,10,17H,(H,15,16);3H;1H4;;/q;;;;;;+1/p-1/b3*7-6+;;;;. The fourth-order valence-electron chi connectivity index (χ4n) is 3.15. The number of aliphatic hydroxyl groups is 1. The molecule has 3 unspecified atom stereocenters. The van der Waals surface area contributed by atoms with Crippen molar-refractivity contribution in [1.82, 2.24) is 16.0 Å². The average Bonchev–Trinajstić information content (AvgIpc) is 3.16. The SMILES string of the molecule is C.N#C[S-].O=C(/C=C/c1ccccc1)NC(Cl)C(Cl)(Cl)Cl.O=C(/C=C/c1ccccc1)NC(N=C=S)C(Cl)(Cl)Cl.O=C(/C=C/c1ccccc1)NC(O)C(Cl)(Cl)Cl.O=S(Cl)Cl.[K+]. The quantitative estimate of drug-likeness (QED) is 0.0150. The largest absolute Gasteiger partial charge is 1.00 e. The van der Waals surface area contributed by atoms with Crippen LogP contribution < -0.4 is 67.3 Å². The molecule has 0 aliphatic heterocycles. The minimum Gasteiger partial charge on any atom is -0.696 e. The van der Waals surface area contributed by atoms with E-state index in [0.717, 1.165) is 16.7 Å². The van der Waals surface area contributed by atoms with Gasteiger partial charge < -0.3 is 33.7 Å². The van der Waals surface area contributed by atoms with Crippen LogP contribution in [0.3, 0.4) is 0 Å². The van der Waals surface area contributed by atoms with Crippen LogP contribution in [0.5, 0.6) is 0 Å². The number of halogens is 12. The molecule has 0 saturated heterocycles. The summed E-state index contributed by atoms with van der Waals surface area (Å²) >= 11 is 63.4. The number of carbonyl (C=O) groups is 3. The monoisotopic (exact) mass is 1170 g/mol. The van der Waals surface area contributed by atoms with Crippen molar-refractivity contribution in [2.45, 2.75) is 36.7 Å². The molecule has 3 aromatic rings. The smallest absolute Gasteiger partial charge is 0.696 e. The molecule has 0 fully saturated rings. The second kappa shape index (κ2) is 39.1. The Labute approximate surface area is 475 Å². The Hall–Kier alpha value is 0.0264. The summed E-state index contributed by atoms with van der Waals surface area (Å²) in [6.45, 7) is 0. The van der Waals surface area contributed by atoms with Crippen LogP contribution in [-0.2, 0) is 36.2 Å². The van der Waals surface area contributed by atoms with Gasteiger partial charge in [0.25, 0.3) is 0 Å². The van der Waals surface area contributed by atoms with Crippen molar-refractivity contribution in [3.63, 3.8) is 0 Å². The second-order valence-electron chi connectivity index (χ2n) is 10.0. The van der Waals surface area contributed by atoms with E-state index in [1.807, 2.05) is 91.0 Å². The summed E-state index contributed by atoms with van der Waals surface area (Å²) in [5.74, 6) is -1.43. The van der Waals surface area contributed by atoms with Crippen LogP contribution in [0.1, 0.15) is 24.1 Å². The molecule has 4 N–H and O–H groups in total. The molecule has 0 saturated carbocycles. The number of hydrogen-bond donors (Lipinski definition) is 4. The molecule has 3 rings (SSSR count). The molecule has 10 nitrogen and oxygen atoms in total. The molecule has 0 aliphatic rings. The third-order valence-corrected chi connectivity index (χ3v) is 8.37. The predicted molar refractivity (Wildman–Crippen MR) is 266 cm³/mol. The maximum atomic E-state index is 11.7. The molecule has 0 heterocycles. The number of thiocarbonyl (C=S) groups is 1. The maximum absolute atomic E-state index is 11.7.